The Balaban J connectivity index is 3.34. The fourth-order valence-corrected chi connectivity index (χ4v) is 0.854. The summed E-state index contributed by atoms with van der Waals surface area (Å²) in [5.41, 5.74) is 5.72. The molecule has 0 bridgehead atoms. The number of nitrogens with zero attached hydrogens (tertiary/aromatic N) is 1. The van der Waals surface area contributed by atoms with Crippen LogP contribution < -0.4 is 10.5 Å². The van der Waals surface area contributed by atoms with Crippen LogP contribution in [0.5, 0.6) is 5.75 Å². The van der Waals surface area contributed by atoms with E-state index in [1.807, 2.05) is 0 Å². The van der Waals surface area contributed by atoms with Crippen molar-refractivity contribution in [3.05, 3.63) is 23.5 Å². The van der Waals surface area contributed by atoms with Gasteiger partial charge in [0.15, 0.2) is 0 Å². The smallest absolute Gasteiger partial charge is 0.146 e. The van der Waals surface area contributed by atoms with Gasteiger partial charge in [0.25, 0.3) is 0 Å². The molecule has 0 spiro atoms. The first-order chi connectivity index (χ1) is 5.69. The van der Waals surface area contributed by atoms with E-state index >= 15 is 0 Å². The van der Waals surface area contributed by atoms with Gasteiger partial charge in [-0.25, -0.2) is 4.39 Å². The third kappa shape index (κ3) is 1.30. The molecule has 12 heavy (non-hydrogen) atoms. The van der Waals surface area contributed by atoms with Gasteiger partial charge in [0, 0.05) is 6.07 Å². The average molecular weight is 166 g/mol. The van der Waals surface area contributed by atoms with Gasteiger partial charge in [-0.1, -0.05) is 0 Å². The molecule has 0 aliphatic rings. The number of nitrogens with two attached hydrogens (primary N) is 1. The van der Waals surface area contributed by atoms with Crippen molar-refractivity contribution in [2.24, 2.45) is 0 Å². The monoisotopic (exact) mass is 166 g/mol. The first kappa shape index (κ1) is 8.34. The van der Waals surface area contributed by atoms with Crippen molar-refractivity contribution in [3.63, 3.8) is 0 Å². The van der Waals surface area contributed by atoms with Crippen LogP contribution >= 0.6 is 0 Å². The second kappa shape index (κ2) is 3.09. The van der Waals surface area contributed by atoms with Crippen molar-refractivity contribution >= 4 is 5.69 Å². The normalized spacial score (nSPS) is 9.08. The quantitative estimate of drug-likeness (QED) is 0.639. The maximum atomic E-state index is 12.7. The highest BCUT2D eigenvalue weighted by molar-refractivity contribution is 5.63. The van der Waals surface area contributed by atoms with Crippen LogP contribution in [-0.4, -0.2) is 7.11 Å². The first-order valence-electron chi connectivity index (χ1n) is 3.22. The summed E-state index contributed by atoms with van der Waals surface area (Å²) >= 11 is 0. The molecule has 0 heterocycles. The molecule has 0 saturated heterocycles. The lowest BCUT2D eigenvalue weighted by Gasteiger charge is -2.04. The van der Waals surface area contributed by atoms with Gasteiger partial charge in [-0.15, -0.1) is 0 Å². The summed E-state index contributed by atoms with van der Waals surface area (Å²) in [4.78, 5) is 0. The molecule has 0 aliphatic carbocycles. The molecule has 0 amide bonds. The number of nitrogen functional groups attached to an aromatic ring is 1. The number of nitriles is 1. The minimum absolute atomic E-state index is 0.0897. The largest absolute Gasteiger partial charge is 0.494 e. The number of hydrogen-bond donors (Lipinski definition) is 1. The Labute approximate surface area is 69.2 Å². The fourth-order valence-electron chi connectivity index (χ4n) is 0.854. The van der Waals surface area contributed by atoms with Gasteiger partial charge in [0.1, 0.15) is 17.6 Å². The van der Waals surface area contributed by atoms with Crippen LogP contribution in [0, 0.1) is 17.1 Å². The Bertz CT molecular complexity index is 344. The number of methoxy groups -OCH3 is 1. The van der Waals surface area contributed by atoms with E-state index in [9.17, 15) is 4.39 Å². The molecule has 0 saturated carbocycles. The maximum Gasteiger partial charge on any atom is 0.146 e. The van der Waals surface area contributed by atoms with E-state index in [0.717, 1.165) is 12.1 Å². The van der Waals surface area contributed by atoms with Crippen LogP contribution in [0.25, 0.3) is 0 Å². The van der Waals surface area contributed by atoms with Crippen LogP contribution in [0.15, 0.2) is 12.1 Å². The molecule has 2 N–H and O–H groups in total. The lowest BCUT2D eigenvalue weighted by atomic mass is 10.2. The van der Waals surface area contributed by atoms with Crippen molar-refractivity contribution in [1.29, 1.82) is 5.26 Å². The Morgan fingerprint density at radius 3 is 2.75 bits per heavy atom. The van der Waals surface area contributed by atoms with Gasteiger partial charge in [-0.2, -0.15) is 5.26 Å². The van der Waals surface area contributed by atoms with Gasteiger partial charge >= 0.3 is 0 Å². The van der Waals surface area contributed by atoms with Gasteiger partial charge in [-0.05, 0) is 6.07 Å². The lowest BCUT2D eigenvalue weighted by molar-refractivity contribution is 0.413. The molecular weight excluding hydrogens is 159 g/mol. The summed E-state index contributed by atoms with van der Waals surface area (Å²) in [6, 6.07) is 3.97. The van der Waals surface area contributed by atoms with E-state index in [1.54, 1.807) is 6.07 Å². The number of benzene rings is 1. The number of anilines is 1. The molecule has 0 radical (unpaired) electrons. The summed E-state index contributed by atoms with van der Waals surface area (Å²) in [5, 5.41) is 8.51. The molecule has 0 aromatic heterocycles. The van der Waals surface area contributed by atoms with Crippen molar-refractivity contribution in [2.45, 2.75) is 0 Å². The predicted octanol–water partition coefficient (Wildman–Crippen LogP) is 1.29. The van der Waals surface area contributed by atoms with Crippen LogP contribution in [0.1, 0.15) is 5.56 Å². The molecular formula is C8H7FN2O. The highest BCUT2D eigenvalue weighted by Crippen LogP contribution is 2.25. The maximum absolute atomic E-state index is 12.7. The van der Waals surface area contributed by atoms with Crippen LogP contribution in [0.2, 0.25) is 0 Å². The van der Waals surface area contributed by atoms with E-state index < -0.39 is 5.82 Å². The summed E-state index contributed by atoms with van der Waals surface area (Å²) in [7, 11) is 1.37. The molecule has 4 heteroatoms. The van der Waals surface area contributed by atoms with E-state index in [0.29, 0.717) is 0 Å². The minimum atomic E-state index is -0.530. The first-order valence-corrected chi connectivity index (χ1v) is 3.22. The fraction of sp³-hybridized carbons (Fsp3) is 0.125. The van der Waals surface area contributed by atoms with Gasteiger partial charge in [-0.3, -0.25) is 0 Å². The van der Waals surface area contributed by atoms with Crippen LogP contribution in [-0.2, 0) is 0 Å². The molecule has 0 aliphatic heterocycles. The second-order valence-corrected chi connectivity index (χ2v) is 2.18. The lowest BCUT2D eigenvalue weighted by Crippen LogP contribution is -1.96. The average Bonchev–Trinajstić information content (AvgIpc) is 2.08. The molecule has 1 aromatic rings. The van der Waals surface area contributed by atoms with E-state index in [2.05, 4.69) is 0 Å². The van der Waals surface area contributed by atoms with Crippen molar-refractivity contribution < 1.29 is 9.13 Å². The molecule has 0 fully saturated rings. The topological polar surface area (TPSA) is 59.0 Å². The summed E-state index contributed by atoms with van der Waals surface area (Å²) < 4.78 is 17.4. The van der Waals surface area contributed by atoms with Crippen LogP contribution in [0.3, 0.4) is 0 Å². The molecule has 3 nitrogen and oxygen atoms in total. The highest BCUT2D eigenvalue weighted by atomic mass is 19.1. The van der Waals surface area contributed by atoms with Gasteiger partial charge < -0.3 is 10.5 Å². The minimum Gasteiger partial charge on any atom is -0.494 e. The number of rotatable bonds is 1. The van der Waals surface area contributed by atoms with E-state index in [4.69, 9.17) is 15.7 Å². The predicted molar refractivity (Wildman–Crippen MR) is 42.1 cm³/mol. The number of halogens is 1. The Morgan fingerprint density at radius 2 is 2.25 bits per heavy atom. The Kier molecular flexibility index (Phi) is 2.15. The van der Waals surface area contributed by atoms with Crippen molar-refractivity contribution in [2.75, 3.05) is 12.8 Å². The van der Waals surface area contributed by atoms with Crippen molar-refractivity contribution in [3.8, 4) is 11.8 Å². The zero-order valence-electron chi connectivity index (χ0n) is 6.47. The highest BCUT2D eigenvalue weighted by Gasteiger charge is 2.07. The van der Waals surface area contributed by atoms with Crippen LogP contribution in [0.4, 0.5) is 10.1 Å². The third-order valence-electron chi connectivity index (χ3n) is 1.45. The molecule has 1 aromatic carbocycles. The summed E-state index contributed by atoms with van der Waals surface area (Å²) in [5.74, 6) is -0.343. The molecule has 0 unspecified atom stereocenters. The zero-order chi connectivity index (χ0) is 9.14. The standard InChI is InChI=1S/C8H7FN2O/c1-12-7-3-6(9)2-5(4-10)8(7)11/h2-3H,11H2,1H3. The van der Waals surface area contributed by atoms with Crippen molar-refractivity contribution in [1.82, 2.24) is 0 Å². The number of ether oxygens (including phenoxy) is 1. The van der Waals surface area contributed by atoms with E-state index in [-0.39, 0.29) is 17.0 Å². The Morgan fingerprint density at radius 1 is 1.58 bits per heavy atom. The second-order valence-electron chi connectivity index (χ2n) is 2.18. The van der Waals surface area contributed by atoms with Gasteiger partial charge in [0.2, 0.25) is 0 Å². The molecule has 62 valence electrons. The molecule has 0 atom stereocenters. The zero-order valence-corrected chi connectivity index (χ0v) is 6.47. The third-order valence-corrected chi connectivity index (χ3v) is 1.45. The summed E-state index contributed by atoms with van der Waals surface area (Å²) in [6.45, 7) is 0. The number of hydrogen-bond acceptors (Lipinski definition) is 3. The summed E-state index contributed by atoms with van der Waals surface area (Å²) in [6.07, 6.45) is 0. The SMILES string of the molecule is COc1cc(F)cc(C#N)c1N. The van der Waals surface area contributed by atoms with Gasteiger partial charge in [0.05, 0.1) is 18.4 Å². The van der Waals surface area contributed by atoms with E-state index in [1.165, 1.54) is 7.11 Å². The Hall–Kier alpha value is -1.76. The molecule has 1 rings (SSSR count).